The van der Waals surface area contributed by atoms with Crippen LogP contribution in [0.3, 0.4) is 0 Å². The van der Waals surface area contributed by atoms with Gasteiger partial charge in [-0.15, -0.1) is 0 Å². The Balaban J connectivity index is 1.83. The molecular weight excluding hydrogens is 300 g/mol. The number of benzene rings is 2. The van der Waals surface area contributed by atoms with Crippen molar-refractivity contribution < 1.29 is 9.47 Å². The topological polar surface area (TPSA) is 33.7 Å². The lowest BCUT2D eigenvalue weighted by atomic mass is 10.0. The van der Waals surface area contributed by atoms with Crippen molar-refractivity contribution in [3.05, 3.63) is 59.2 Å². The van der Waals surface area contributed by atoms with Crippen LogP contribution in [-0.2, 0) is 6.54 Å². The lowest BCUT2D eigenvalue weighted by Gasteiger charge is -2.37. The molecule has 24 heavy (non-hydrogen) atoms. The number of methoxy groups -OCH3 is 2. The van der Waals surface area contributed by atoms with Gasteiger partial charge in [0.05, 0.1) is 20.3 Å². The summed E-state index contributed by atoms with van der Waals surface area (Å²) in [5.41, 5.74) is 3.74. The van der Waals surface area contributed by atoms with E-state index in [0.717, 1.165) is 37.7 Å². The summed E-state index contributed by atoms with van der Waals surface area (Å²) < 4.78 is 10.9. The Hall–Kier alpha value is -2.04. The molecule has 4 heteroatoms. The molecule has 2 aromatic rings. The molecule has 1 saturated heterocycles. The summed E-state index contributed by atoms with van der Waals surface area (Å²) in [7, 11) is 3.46. The van der Waals surface area contributed by atoms with Crippen molar-refractivity contribution >= 4 is 0 Å². The molecule has 0 aliphatic carbocycles. The quantitative estimate of drug-likeness (QED) is 0.915. The largest absolute Gasteiger partial charge is 0.496 e. The van der Waals surface area contributed by atoms with Gasteiger partial charge in [-0.25, -0.2) is 0 Å². The van der Waals surface area contributed by atoms with E-state index in [4.69, 9.17) is 9.47 Å². The van der Waals surface area contributed by atoms with Crippen LogP contribution in [-0.4, -0.2) is 38.8 Å². The number of hydrogen-bond donors (Lipinski definition) is 1. The first kappa shape index (κ1) is 16.8. The second-order valence-corrected chi connectivity index (χ2v) is 6.24. The number of aryl methyl sites for hydroxylation is 1. The molecule has 0 spiro atoms. The molecule has 0 aromatic heterocycles. The highest BCUT2D eigenvalue weighted by molar-refractivity contribution is 5.38. The van der Waals surface area contributed by atoms with E-state index < -0.39 is 0 Å². The van der Waals surface area contributed by atoms with Crippen LogP contribution in [0.4, 0.5) is 0 Å². The van der Waals surface area contributed by atoms with Crippen molar-refractivity contribution in [2.45, 2.75) is 19.5 Å². The van der Waals surface area contributed by atoms with Gasteiger partial charge in [-0.2, -0.15) is 0 Å². The minimum atomic E-state index is 0.317. The molecule has 4 nitrogen and oxygen atoms in total. The minimum absolute atomic E-state index is 0.317. The maximum absolute atomic E-state index is 5.58. The average molecular weight is 326 g/mol. The molecule has 3 rings (SSSR count). The summed E-state index contributed by atoms with van der Waals surface area (Å²) in [5.74, 6) is 1.91. The van der Waals surface area contributed by atoms with E-state index in [2.05, 4.69) is 47.5 Å². The minimum Gasteiger partial charge on any atom is -0.496 e. The molecule has 1 unspecified atom stereocenters. The van der Waals surface area contributed by atoms with Gasteiger partial charge in [-0.1, -0.05) is 30.3 Å². The van der Waals surface area contributed by atoms with Crippen molar-refractivity contribution in [2.75, 3.05) is 33.9 Å². The third-order valence-electron chi connectivity index (χ3n) is 4.70. The summed E-state index contributed by atoms with van der Waals surface area (Å²) in [6.07, 6.45) is 0. The first-order valence-corrected chi connectivity index (χ1v) is 8.44. The molecule has 0 amide bonds. The lowest BCUT2D eigenvalue weighted by Crippen LogP contribution is -2.45. The van der Waals surface area contributed by atoms with Gasteiger partial charge in [0, 0.05) is 31.7 Å². The Morgan fingerprint density at radius 2 is 1.88 bits per heavy atom. The smallest absolute Gasteiger partial charge is 0.123 e. The summed E-state index contributed by atoms with van der Waals surface area (Å²) in [5, 5.41) is 3.51. The van der Waals surface area contributed by atoms with Gasteiger partial charge in [0.25, 0.3) is 0 Å². The van der Waals surface area contributed by atoms with Crippen LogP contribution in [0.5, 0.6) is 11.5 Å². The van der Waals surface area contributed by atoms with Crippen LogP contribution in [0.25, 0.3) is 0 Å². The SMILES string of the molecule is COc1ccc(CN2CCNCC2c2ccccc2OC)cc1C. The Morgan fingerprint density at radius 1 is 1.08 bits per heavy atom. The monoisotopic (exact) mass is 326 g/mol. The molecular formula is C20H26N2O2. The Bertz CT molecular complexity index is 687. The fourth-order valence-corrected chi connectivity index (χ4v) is 3.46. The lowest BCUT2D eigenvalue weighted by molar-refractivity contribution is 0.151. The van der Waals surface area contributed by atoms with Gasteiger partial charge in [-0.3, -0.25) is 4.90 Å². The Morgan fingerprint density at radius 3 is 2.62 bits per heavy atom. The van der Waals surface area contributed by atoms with Gasteiger partial charge in [0.2, 0.25) is 0 Å². The summed E-state index contributed by atoms with van der Waals surface area (Å²) in [4.78, 5) is 2.52. The van der Waals surface area contributed by atoms with E-state index in [0.29, 0.717) is 6.04 Å². The standard InChI is InChI=1S/C20H26N2O2/c1-15-12-16(8-9-19(15)23-2)14-22-11-10-21-13-18(22)17-6-4-5-7-20(17)24-3/h4-9,12,18,21H,10-11,13-14H2,1-3H3. The van der Waals surface area contributed by atoms with Gasteiger partial charge in [0.1, 0.15) is 11.5 Å². The van der Waals surface area contributed by atoms with Gasteiger partial charge >= 0.3 is 0 Å². The predicted octanol–water partition coefficient (Wildman–Crippen LogP) is 3.16. The van der Waals surface area contributed by atoms with E-state index in [9.17, 15) is 0 Å². The van der Waals surface area contributed by atoms with Crippen molar-refractivity contribution in [1.82, 2.24) is 10.2 Å². The third-order valence-corrected chi connectivity index (χ3v) is 4.70. The van der Waals surface area contributed by atoms with E-state index in [-0.39, 0.29) is 0 Å². The van der Waals surface area contributed by atoms with E-state index in [1.54, 1.807) is 14.2 Å². The molecule has 1 atom stereocenters. The van der Waals surface area contributed by atoms with E-state index >= 15 is 0 Å². The molecule has 0 saturated carbocycles. The Labute approximate surface area is 144 Å². The van der Waals surface area contributed by atoms with Crippen LogP contribution in [0.2, 0.25) is 0 Å². The Kier molecular flexibility index (Phi) is 5.38. The maximum Gasteiger partial charge on any atom is 0.123 e. The summed E-state index contributed by atoms with van der Waals surface area (Å²) in [6.45, 7) is 6.00. The highest BCUT2D eigenvalue weighted by Crippen LogP contribution is 2.31. The predicted molar refractivity (Wildman–Crippen MR) is 96.7 cm³/mol. The average Bonchev–Trinajstić information content (AvgIpc) is 2.62. The molecule has 128 valence electrons. The highest BCUT2D eigenvalue weighted by atomic mass is 16.5. The van der Waals surface area contributed by atoms with Crippen LogP contribution < -0.4 is 14.8 Å². The molecule has 0 radical (unpaired) electrons. The van der Waals surface area contributed by atoms with Crippen molar-refractivity contribution in [1.29, 1.82) is 0 Å². The van der Waals surface area contributed by atoms with Crippen molar-refractivity contribution in [2.24, 2.45) is 0 Å². The molecule has 1 fully saturated rings. The molecule has 2 aromatic carbocycles. The van der Waals surface area contributed by atoms with Gasteiger partial charge in [0.15, 0.2) is 0 Å². The second-order valence-electron chi connectivity index (χ2n) is 6.24. The van der Waals surface area contributed by atoms with Crippen molar-refractivity contribution in [3.8, 4) is 11.5 Å². The first-order valence-electron chi connectivity index (χ1n) is 8.44. The number of rotatable bonds is 5. The second kappa shape index (κ2) is 7.69. The highest BCUT2D eigenvalue weighted by Gasteiger charge is 2.26. The van der Waals surface area contributed by atoms with Crippen LogP contribution in [0.1, 0.15) is 22.7 Å². The molecule has 1 N–H and O–H groups in total. The van der Waals surface area contributed by atoms with Crippen LogP contribution in [0, 0.1) is 6.92 Å². The number of piperazine rings is 1. The summed E-state index contributed by atoms with van der Waals surface area (Å²) in [6, 6.07) is 15.1. The summed E-state index contributed by atoms with van der Waals surface area (Å²) >= 11 is 0. The van der Waals surface area contributed by atoms with Gasteiger partial charge < -0.3 is 14.8 Å². The number of hydrogen-bond acceptors (Lipinski definition) is 4. The number of nitrogens with zero attached hydrogens (tertiary/aromatic N) is 1. The molecule has 1 aliphatic rings. The van der Waals surface area contributed by atoms with Crippen LogP contribution >= 0.6 is 0 Å². The molecule has 1 aliphatic heterocycles. The fourth-order valence-electron chi connectivity index (χ4n) is 3.46. The number of nitrogens with one attached hydrogen (secondary N) is 1. The van der Waals surface area contributed by atoms with E-state index in [1.807, 2.05) is 12.1 Å². The normalized spacial score (nSPS) is 18.4. The van der Waals surface area contributed by atoms with Gasteiger partial charge in [-0.05, 0) is 30.2 Å². The fraction of sp³-hybridized carbons (Fsp3) is 0.400. The van der Waals surface area contributed by atoms with Crippen LogP contribution in [0.15, 0.2) is 42.5 Å². The molecule has 1 heterocycles. The third kappa shape index (κ3) is 3.55. The van der Waals surface area contributed by atoms with Crippen molar-refractivity contribution in [3.63, 3.8) is 0 Å². The first-order chi connectivity index (χ1) is 11.7. The zero-order valence-corrected chi connectivity index (χ0v) is 14.7. The maximum atomic E-state index is 5.58. The zero-order valence-electron chi connectivity index (χ0n) is 14.7. The molecule has 0 bridgehead atoms. The number of ether oxygens (including phenoxy) is 2. The van der Waals surface area contributed by atoms with E-state index in [1.165, 1.54) is 16.7 Å². The number of para-hydroxylation sites is 1. The zero-order chi connectivity index (χ0) is 16.9.